The van der Waals surface area contributed by atoms with E-state index < -0.39 is 0 Å². The molecule has 0 atom stereocenters. The minimum absolute atomic E-state index is 0.305. The summed E-state index contributed by atoms with van der Waals surface area (Å²) in [5.41, 5.74) is 4.60. The summed E-state index contributed by atoms with van der Waals surface area (Å²) in [5.74, 6) is 0. The molecule has 0 aliphatic carbocycles. The normalized spacial score (nSPS) is 11.2. The van der Waals surface area contributed by atoms with Crippen molar-refractivity contribution >= 4 is 21.9 Å². The highest BCUT2D eigenvalue weighted by Crippen LogP contribution is 2.27. The van der Waals surface area contributed by atoms with Crippen LogP contribution in [0.15, 0.2) is 67.5 Å². The molecule has 28 heavy (non-hydrogen) atoms. The number of ether oxygens (including phenoxy) is 1. The van der Waals surface area contributed by atoms with Crippen molar-refractivity contribution in [3.63, 3.8) is 0 Å². The van der Waals surface area contributed by atoms with Crippen LogP contribution in [0, 0.1) is 0 Å². The lowest BCUT2D eigenvalue weighted by Crippen LogP contribution is -2.01. The minimum Gasteiger partial charge on any atom is -0.459 e. The maximum Gasteiger partial charge on any atom is 0.317 e. The summed E-state index contributed by atoms with van der Waals surface area (Å²) < 4.78 is 7.91. The van der Waals surface area contributed by atoms with Gasteiger partial charge in [-0.15, -0.1) is 0 Å². The summed E-state index contributed by atoms with van der Waals surface area (Å²) in [6.45, 7) is 0.334. The van der Waals surface area contributed by atoms with Gasteiger partial charge in [0.1, 0.15) is 18.6 Å². The number of aryl methyl sites for hydroxylation is 1. The van der Waals surface area contributed by atoms with Crippen LogP contribution in [0.2, 0.25) is 0 Å². The van der Waals surface area contributed by atoms with E-state index in [1.54, 1.807) is 24.7 Å². The van der Waals surface area contributed by atoms with E-state index in [0.29, 0.717) is 18.3 Å². The van der Waals surface area contributed by atoms with Crippen LogP contribution in [0.25, 0.3) is 33.2 Å². The van der Waals surface area contributed by atoms with Crippen LogP contribution >= 0.6 is 0 Å². The predicted molar refractivity (Wildman–Crippen MR) is 106 cm³/mol. The minimum atomic E-state index is 0.305. The van der Waals surface area contributed by atoms with Crippen molar-refractivity contribution in [3.05, 3.63) is 73.1 Å². The Bertz CT molecular complexity index is 1280. The van der Waals surface area contributed by atoms with Gasteiger partial charge in [0.2, 0.25) is 0 Å². The van der Waals surface area contributed by atoms with Crippen molar-refractivity contribution in [3.8, 4) is 17.3 Å². The van der Waals surface area contributed by atoms with Gasteiger partial charge in [-0.3, -0.25) is 0 Å². The SMILES string of the molecule is Cn1c2ccccc2c2cc(COc3nccc(-c4cncnc4)n3)cnc21. The molecule has 0 aliphatic rings. The molecule has 1 aromatic carbocycles. The van der Waals surface area contributed by atoms with E-state index in [-0.39, 0.29) is 0 Å². The van der Waals surface area contributed by atoms with E-state index >= 15 is 0 Å². The van der Waals surface area contributed by atoms with Crippen molar-refractivity contribution in [2.75, 3.05) is 0 Å². The zero-order chi connectivity index (χ0) is 18.9. The van der Waals surface area contributed by atoms with Crippen molar-refractivity contribution in [1.82, 2.24) is 29.5 Å². The second-order valence-electron chi connectivity index (χ2n) is 6.43. The Morgan fingerprint density at radius 3 is 2.71 bits per heavy atom. The third-order valence-electron chi connectivity index (χ3n) is 4.65. The third kappa shape index (κ3) is 2.83. The number of fused-ring (bicyclic) bond motifs is 3. The number of aromatic nitrogens is 6. The molecule has 4 aromatic heterocycles. The van der Waals surface area contributed by atoms with Gasteiger partial charge in [0.05, 0.1) is 11.2 Å². The number of para-hydroxylation sites is 1. The Labute approximate surface area is 160 Å². The molecule has 0 saturated carbocycles. The number of hydrogen-bond acceptors (Lipinski definition) is 6. The zero-order valence-electron chi connectivity index (χ0n) is 15.1. The van der Waals surface area contributed by atoms with E-state index in [9.17, 15) is 0 Å². The lowest BCUT2D eigenvalue weighted by molar-refractivity contribution is 0.281. The number of benzene rings is 1. The molecular formula is C21H16N6O. The lowest BCUT2D eigenvalue weighted by Gasteiger charge is -2.06. The number of hydrogen-bond donors (Lipinski definition) is 0. The summed E-state index contributed by atoms with van der Waals surface area (Å²) in [5, 5.41) is 2.28. The molecule has 0 radical (unpaired) electrons. The van der Waals surface area contributed by atoms with Crippen LogP contribution in [-0.4, -0.2) is 29.5 Å². The van der Waals surface area contributed by atoms with Crippen molar-refractivity contribution in [2.45, 2.75) is 6.61 Å². The van der Waals surface area contributed by atoms with Gasteiger partial charge in [-0.25, -0.2) is 19.9 Å². The second kappa shape index (κ2) is 6.70. The molecular weight excluding hydrogens is 352 g/mol. The molecule has 0 bridgehead atoms. The average molecular weight is 368 g/mol. The maximum absolute atomic E-state index is 5.81. The molecule has 0 amide bonds. The van der Waals surface area contributed by atoms with E-state index in [4.69, 9.17) is 4.74 Å². The van der Waals surface area contributed by atoms with Crippen LogP contribution < -0.4 is 4.74 Å². The first-order valence-electron chi connectivity index (χ1n) is 8.83. The first kappa shape index (κ1) is 16.3. The van der Waals surface area contributed by atoms with Gasteiger partial charge >= 0.3 is 6.01 Å². The molecule has 0 aliphatic heterocycles. The van der Waals surface area contributed by atoms with E-state index in [0.717, 1.165) is 27.7 Å². The van der Waals surface area contributed by atoms with Crippen LogP contribution in [0.3, 0.4) is 0 Å². The predicted octanol–water partition coefficient (Wildman–Crippen LogP) is 3.55. The zero-order valence-corrected chi connectivity index (χ0v) is 15.1. The highest BCUT2D eigenvalue weighted by Gasteiger charge is 2.10. The van der Waals surface area contributed by atoms with Gasteiger partial charge in [-0.05, 0) is 18.2 Å². The quantitative estimate of drug-likeness (QED) is 0.483. The van der Waals surface area contributed by atoms with Gasteiger partial charge in [-0.2, -0.15) is 4.98 Å². The Morgan fingerprint density at radius 1 is 0.964 bits per heavy atom. The van der Waals surface area contributed by atoms with Gasteiger partial charge in [0.25, 0.3) is 0 Å². The second-order valence-corrected chi connectivity index (χ2v) is 6.43. The summed E-state index contributed by atoms with van der Waals surface area (Å²) in [6.07, 6.45) is 8.39. The topological polar surface area (TPSA) is 78.6 Å². The highest BCUT2D eigenvalue weighted by molar-refractivity contribution is 6.06. The Kier molecular flexibility index (Phi) is 3.90. The number of rotatable bonds is 4. The van der Waals surface area contributed by atoms with Crippen molar-refractivity contribution in [1.29, 1.82) is 0 Å². The third-order valence-corrected chi connectivity index (χ3v) is 4.65. The van der Waals surface area contributed by atoms with Crippen LogP contribution in [0.1, 0.15) is 5.56 Å². The molecule has 5 aromatic rings. The molecule has 0 unspecified atom stereocenters. The average Bonchev–Trinajstić information content (AvgIpc) is 3.05. The fourth-order valence-corrected chi connectivity index (χ4v) is 3.30. The fraction of sp³-hybridized carbons (Fsp3) is 0.0952. The van der Waals surface area contributed by atoms with E-state index in [1.165, 1.54) is 11.7 Å². The molecule has 4 heterocycles. The van der Waals surface area contributed by atoms with Crippen LogP contribution in [0.4, 0.5) is 0 Å². The largest absolute Gasteiger partial charge is 0.459 e. The standard InChI is InChI=1S/C21H16N6O/c1-27-19-5-3-2-4-16(19)17-8-14(9-25-20(17)27)12-28-21-24-7-6-18(26-21)15-10-22-13-23-11-15/h2-11,13H,12H2,1H3. The Balaban J connectivity index is 1.43. The lowest BCUT2D eigenvalue weighted by atomic mass is 10.1. The van der Waals surface area contributed by atoms with Gasteiger partial charge in [0.15, 0.2) is 0 Å². The number of pyridine rings is 1. The highest BCUT2D eigenvalue weighted by atomic mass is 16.5. The van der Waals surface area contributed by atoms with Gasteiger partial charge in [0, 0.05) is 53.7 Å². The molecule has 0 saturated heterocycles. The smallest absolute Gasteiger partial charge is 0.317 e. The number of nitrogens with zero attached hydrogens (tertiary/aromatic N) is 6. The molecule has 0 spiro atoms. The summed E-state index contributed by atoms with van der Waals surface area (Å²) in [7, 11) is 2.03. The molecule has 0 fully saturated rings. The first-order valence-corrected chi connectivity index (χ1v) is 8.83. The van der Waals surface area contributed by atoms with Gasteiger partial charge < -0.3 is 9.30 Å². The van der Waals surface area contributed by atoms with Crippen LogP contribution in [0.5, 0.6) is 6.01 Å². The van der Waals surface area contributed by atoms with E-state index in [1.807, 2.05) is 25.4 Å². The van der Waals surface area contributed by atoms with Crippen molar-refractivity contribution in [2.24, 2.45) is 7.05 Å². The molecule has 7 heteroatoms. The van der Waals surface area contributed by atoms with E-state index in [2.05, 4.69) is 47.7 Å². The molecule has 5 rings (SSSR count). The molecule has 7 nitrogen and oxygen atoms in total. The summed E-state index contributed by atoms with van der Waals surface area (Å²) in [6, 6.07) is 12.5. The summed E-state index contributed by atoms with van der Waals surface area (Å²) in [4.78, 5) is 21.3. The van der Waals surface area contributed by atoms with Crippen LogP contribution in [-0.2, 0) is 13.7 Å². The maximum atomic E-state index is 5.81. The monoisotopic (exact) mass is 368 g/mol. The summed E-state index contributed by atoms with van der Waals surface area (Å²) >= 11 is 0. The first-order chi connectivity index (χ1) is 13.8. The molecule has 0 N–H and O–H groups in total. The van der Waals surface area contributed by atoms with Gasteiger partial charge in [-0.1, -0.05) is 18.2 Å². The molecule has 136 valence electrons. The van der Waals surface area contributed by atoms with Crippen molar-refractivity contribution < 1.29 is 4.74 Å². The fourth-order valence-electron chi connectivity index (χ4n) is 3.30. The Hall–Kier alpha value is -3.87. The Morgan fingerprint density at radius 2 is 1.82 bits per heavy atom.